The van der Waals surface area contributed by atoms with Gasteiger partial charge in [-0.2, -0.15) is 0 Å². The van der Waals surface area contributed by atoms with E-state index in [1.807, 2.05) is 30.4 Å². The van der Waals surface area contributed by atoms with Crippen LogP contribution in [0.3, 0.4) is 0 Å². The molecule has 2 heterocycles. The first-order valence-electron chi connectivity index (χ1n) is 11.0. The van der Waals surface area contributed by atoms with Crippen LogP contribution in [0.25, 0.3) is 17.2 Å². The van der Waals surface area contributed by atoms with Gasteiger partial charge in [0.25, 0.3) is 0 Å². The molecule has 168 valence electrons. The standard InChI is InChI=1S/C25H25F3N2O2/c26-19-3-1-2-16(10-19)17-4-5-20(29-13-17)6-7-22-21-8-9-25(27,28)12-18(21)11-24(22)15-30-23(31)14-32-24/h1-7,10,13,18,21-22H,8-9,11-12,14-15H2,(H,30,31)/b7-6+/t18-,21+,22-,24?/m0/s1. The Morgan fingerprint density at radius 2 is 2.03 bits per heavy atom. The van der Waals surface area contributed by atoms with Crippen LogP contribution in [0.15, 0.2) is 48.7 Å². The molecule has 4 nitrogen and oxygen atoms in total. The van der Waals surface area contributed by atoms with Crippen molar-refractivity contribution in [3.63, 3.8) is 0 Å². The second-order valence-electron chi connectivity index (χ2n) is 9.22. The molecular formula is C25H25F3N2O2. The second kappa shape index (κ2) is 8.03. The van der Waals surface area contributed by atoms with Crippen LogP contribution in [-0.4, -0.2) is 35.6 Å². The quantitative estimate of drug-likeness (QED) is 0.739. The van der Waals surface area contributed by atoms with Crippen LogP contribution >= 0.6 is 0 Å². The van der Waals surface area contributed by atoms with Crippen LogP contribution in [0.4, 0.5) is 13.2 Å². The minimum atomic E-state index is -2.63. The number of ether oxygens (including phenoxy) is 1. The Morgan fingerprint density at radius 1 is 1.16 bits per heavy atom. The number of hydrogen-bond acceptors (Lipinski definition) is 3. The van der Waals surface area contributed by atoms with Crippen molar-refractivity contribution in [2.45, 2.75) is 37.2 Å². The van der Waals surface area contributed by atoms with Gasteiger partial charge in [-0.05, 0) is 54.5 Å². The summed E-state index contributed by atoms with van der Waals surface area (Å²) in [7, 11) is 0. The molecule has 1 aromatic heterocycles. The fraction of sp³-hybridized carbons (Fsp3) is 0.440. The maximum atomic E-state index is 14.1. The summed E-state index contributed by atoms with van der Waals surface area (Å²) in [5.41, 5.74) is 1.64. The first-order chi connectivity index (χ1) is 15.3. The fourth-order valence-electron chi connectivity index (χ4n) is 5.68. The number of aromatic nitrogens is 1. The number of morpholine rings is 1. The molecule has 5 rings (SSSR count). The number of benzene rings is 1. The number of alkyl halides is 2. The number of nitrogens with zero attached hydrogens (tertiary/aromatic N) is 1. The molecule has 0 radical (unpaired) electrons. The SMILES string of the molecule is O=C1COC2(CN1)C[C@H]1CC(F)(F)CC[C@H]1[C@@H]2/C=C/c1ccc(-c2cccc(F)c2)cn1. The van der Waals surface area contributed by atoms with Crippen LogP contribution in [-0.2, 0) is 9.53 Å². The molecule has 1 unspecified atom stereocenters. The predicted octanol–water partition coefficient (Wildman–Crippen LogP) is 4.86. The molecule has 2 aromatic rings. The third kappa shape index (κ3) is 4.06. The molecule has 0 bridgehead atoms. The molecule has 3 aliphatic rings. The summed E-state index contributed by atoms with van der Waals surface area (Å²) in [6, 6.07) is 10.1. The molecule has 3 fully saturated rings. The van der Waals surface area contributed by atoms with E-state index in [1.165, 1.54) is 12.1 Å². The molecule has 1 amide bonds. The monoisotopic (exact) mass is 442 g/mol. The van der Waals surface area contributed by atoms with Crippen molar-refractivity contribution < 1.29 is 22.7 Å². The Labute approximate surface area is 184 Å². The molecule has 1 aliphatic heterocycles. The van der Waals surface area contributed by atoms with E-state index in [0.29, 0.717) is 19.4 Å². The zero-order valence-corrected chi connectivity index (χ0v) is 17.6. The van der Waals surface area contributed by atoms with Gasteiger partial charge in [-0.25, -0.2) is 13.2 Å². The largest absolute Gasteiger partial charge is 0.363 e. The molecule has 1 saturated heterocycles. The number of halogens is 3. The third-order valence-corrected chi connectivity index (χ3v) is 7.18. The second-order valence-corrected chi connectivity index (χ2v) is 9.22. The minimum Gasteiger partial charge on any atom is -0.363 e. The van der Waals surface area contributed by atoms with E-state index in [2.05, 4.69) is 10.3 Å². The summed E-state index contributed by atoms with van der Waals surface area (Å²) in [6.07, 6.45) is 6.35. The molecule has 4 atom stereocenters. The number of carbonyl (C=O) groups is 1. The maximum absolute atomic E-state index is 14.1. The maximum Gasteiger partial charge on any atom is 0.248 e. The van der Waals surface area contributed by atoms with E-state index in [-0.39, 0.29) is 48.9 Å². The Balaban J connectivity index is 1.38. The van der Waals surface area contributed by atoms with E-state index >= 15 is 0 Å². The molecule has 1 aromatic carbocycles. The van der Waals surface area contributed by atoms with Gasteiger partial charge in [0, 0.05) is 37.1 Å². The highest BCUT2D eigenvalue weighted by atomic mass is 19.3. The number of hydrogen-bond donors (Lipinski definition) is 1. The van der Waals surface area contributed by atoms with E-state index < -0.39 is 11.5 Å². The van der Waals surface area contributed by atoms with Crippen LogP contribution in [0.1, 0.15) is 31.4 Å². The molecule has 1 N–H and O–H groups in total. The van der Waals surface area contributed by atoms with Crippen LogP contribution in [0.2, 0.25) is 0 Å². The Bertz CT molecular complexity index is 1030. The number of carbonyl (C=O) groups excluding carboxylic acids is 1. The normalized spacial score (nSPS) is 31.6. The smallest absolute Gasteiger partial charge is 0.248 e. The lowest BCUT2D eigenvalue weighted by Crippen LogP contribution is -2.54. The number of fused-ring (bicyclic) bond motifs is 1. The van der Waals surface area contributed by atoms with Crippen molar-refractivity contribution in [1.29, 1.82) is 0 Å². The first kappa shape index (κ1) is 21.2. The predicted molar refractivity (Wildman–Crippen MR) is 114 cm³/mol. The third-order valence-electron chi connectivity index (χ3n) is 7.18. The Hall–Kier alpha value is -2.67. The topological polar surface area (TPSA) is 51.2 Å². The van der Waals surface area contributed by atoms with E-state index in [9.17, 15) is 18.0 Å². The zero-order chi connectivity index (χ0) is 22.3. The van der Waals surface area contributed by atoms with Crippen LogP contribution < -0.4 is 5.32 Å². The summed E-state index contributed by atoms with van der Waals surface area (Å²) in [4.78, 5) is 16.1. The number of amides is 1. The molecule has 7 heteroatoms. The average molecular weight is 442 g/mol. The van der Waals surface area contributed by atoms with Crippen molar-refractivity contribution in [3.05, 3.63) is 60.2 Å². The van der Waals surface area contributed by atoms with Gasteiger partial charge in [-0.15, -0.1) is 0 Å². The van der Waals surface area contributed by atoms with Crippen LogP contribution in [0.5, 0.6) is 0 Å². The molecular weight excluding hydrogens is 417 g/mol. The lowest BCUT2D eigenvalue weighted by Gasteiger charge is -2.39. The minimum absolute atomic E-state index is 0.0409. The van der Waals surface area contributed by atoms with Crippen molar-refractivity contribution >= 4 is 12.0 Å². The van der Waals surface area contributed by atoms with Crippen molar-refractivity contribution in [3.8, 4) is 11.1 Å². The van der Waals surface area contributed by atoms with E-state index in [4.69, 9.17) is 4.74 Å². The highest BCUT2D eigenvalue weighted by Crippen LogP contribution is 2.56. The van der Waals surface area contributed by atoms with Crippen molar-refractivity contribution in [2.75, 3.05) is 13.2 Å². The van der Waals surface area contributed by atoms with Gasteiger partial charge >= 0.3 is 0 Å². The molecule has 32 heavy (non-hydrogen) atoms. The van der Waals surface area contributed by atoms with Gasteiger partial charge in [-0.3, -0.25) is 9.78 Å². The average Bonchev–Trinajstić information content (AvgIpc) is 3.05. The van der Waals surface area contributed by atoms with E-state index in [1.54, 1.807) is 12.3 Å². The summed E-state index contributed by atoms with van der Waals surface area (Å²) >= 11 is 0. The fourth-order valence-corrected chi connectivity index (χ4v) is 5.68. The molecule has 2 saturated carbocycles. The van der Waals surface area contributed by atoms with Gasteiger partial charge in [0.2, 0.25) is 11.8 Å². The number of nitrogens with one attached hydrogen (secondary N) is 1. The highest BCUT2D eigenvalue weighted by Gasteiger charge is 2.58. The molecule has 2 aliphatic carbocycles. The van der Waals surface area contributed by atoms with Gasteiger partial charge in [0.05, 0.1) is 11.3 Å². The first-order valence-corrected chi connectivity index (χ1v) is 11.0. The summed E-state index contributed by atoms with van der Waals surface area (Å²) < 4.78 is 47.7. The van der Waals surface area contributed by atoms with Gasteiger partial charge in [0.1, 0.15) is 12.4 Å². The zero-order valence-electron chi connectivity index (χ0n) is 17.6. The summed E-state index contributed by atoms with van der Waals surface area (Å²) in [5, 5.41) is 2.87. The van der Waals surface area contributed by atoms with Crippen molar-refractivity contribution in [1.82, 2.24) is 10.3 Å². The Morgan fingerprint density at radius 3 is 2.75 bits per heavy atom. The Kier molecular flexibility index (Phi) is 5.32. The van der Waals surface area contributed by atoms with Crippen molar-refractivity contribution in [2.24, 2.45) is 17.8 Å². The van der Waals surface area contributed by atoms with Gasteiger partial charge < -0.3 is 10.1 Å². The van der Waals surface area contributed by atoms with Gasteiger partial charge in [-0.1, -0.05) is 24.3 Å². The summed E-state index contributed by atoms with van der Waals surface area (Å²) in [5.74, 6) is -3.22. The number of rotatable bonds is 3. The van der Waals surface area contributed by atoms with E-state index in [0.717, 1.165) is 16.8 Å². The van der Waals surface area contributed by atoms with Crippen LogP contribution in [0, 0.1) is 23.6 Å². The highest BCUT2D eigenvalue weighted by molar-refractivity contribution is 5.78. The summed E-state index contributed by atoms with van der Waals surface area (Å²) in [6.45, 7) is 0.298. The lowest BCUT2D eigenvalue weighted by molar-refractivity contribution is -0.147. The number of pyridine rings is 1. The lowest BCUT2D eigenvalue weighted by atomic mass is 9.75. The molecule has 1 spiro atoms. The van der Waals surface area contributed by atoms with Gasteiger partial charge in [0.15, 0.2) is 0 Å².